The molecular formula is C24H22N2O2. The Labute approximate surface area is 164 Å². The highest BCUT2D eigenvalue weighted by Gasteiger charge is 2.32. The van der Waals surface area contributed by atoms with Crippen LogP contribution in [0.2, 0.25) is 0 Å². The first kappa shape index (κ1) is 17.0. The van der Waals surface area contributed by atoms with Gasteiger partial charge >= 0.3 is 6.09 Å². The zero-order chi connectivity index (χ0) is 19.1. The van der Waals surface area contributed by atoms with E-state index in [1.807, 2.05) is 48.5 Å². The van der Waals surface area contributed by atoms with Crippen LogP contribution in [0.3, 0.4) is 0 Å². The lowest BCUT2D eigenvalue weighted by Gasteiger charge is -2.26. The lowest BCUT2D eigenvalue weighted by Crippen LogP contribution is -2.32. The van der Waals surface area contributed by atoms with Crippen LogP contribution in [0.25, 0.3) is 11.1 Å². The van der Waals surface area contributed by atoms with E-state index in [9.17, 15) is 4.79 Å². The molecule has 0 aromatic heterocycles. The monoisotopic (exact) mass is 370 g/mol. The van der Waals surface area contributed by atoms with Gasteiger partial charge in [0.15, 0.2) is 6.10 Å². The van der Waals surface area contributed by atoms with E-state index in [4.69, 9.17) is 4.74 Å². The number of fused-ring (bicyclic) bond motifs is 4. The summed E-state index contributed by atoms with van der Waals surface area (Å²) >= 11 is 0. The molecule has 140 valence electrons. The van der Waals surface area contributed by atoms with E-state index in [0.29, 0.717) is 0 Å². The van der Waals surface area contributed by atoms with Crippen LogP contribution in [0.4, 0.5) is 10.5 Å². The second kappa shape index (κ2) is 6.80. The molecular weight excluding hydrogens is 348 g/mol. The number of hydrogen-bond donors (Lipinski definition) is 1. The number of nitrogens with zero attached hydrogens (tertiary/aromatic N) is 1. The number of carbonyl (C=O) groups excluding carboxylic acids is 1. The minimum absolute atomic E-state index is 0.338. The molecule has 5 rings (SSSR count). The average molecular weight is 370 g/mol. The molecule has 2 aliphatic rings. The van der Waals surface area contributed by atoms with Gasteiger partial charge in [-0.2, -0.15) is 0 Å². The van der Waals surface area contributed by atoms with Crippen molar-refractivity contribution in [3.8, 4) is 11.1 Å². The van der Waals surface area contributed by atoms with Gasteiger partial charge in [0, 0.05) is 24.7 Å². The second-order valence-corrected chi connectivity index (χ2v) is 7.34. The van der Waals surface area contributed by atoms with E-state index in [1.54, 1.807) is 11.9 Å². The first-order valence-electron chi connectivity index (χ1n) is 9.68. The summed E-state index contributed by atoms with van der Waals surface area (Å²) in [5.41, 5.74) is 7.76. The van der Waals surface area contributed by atoms with Crippen LogP contribution in [0.15, 0.2) is 66.7 Å². The third kappa shape index (κ3) is 2.69. The van der Waals surface area contributed by atoms with Crippen molar-refractivity contribution in [2.75, 3.05) is 18.5 Å². The van der Waals surface area contributed by atoms with Crippen LogP contribution in [0, 0.1) is 0 Å². The summed E-state index contributed by atoms with van der Waals surface area (Å²) in [4.78, 5) is 14.7. The van der Waals surface area contributed by atoms with Crippen LogP contribution < -0.4 is 10.2 Å². The van der Waals surface area contributed by atoms with Crippen molar-refractivity contribution in [1.82, 2.24) is 5.32 Å². The van der Waals surface area contributed by atoms with Gasteiger partial charge in [-0.15, -0.1) is 0 Å². The fourth-order valence-electron chi connectivity index (χ4n) is 4.32. The zero-order valence-electron chi connectivity index (χ0n) is 15.8. The first-order chi connectivity index (χ1) is 13.7. The molecule has 3 aromatic rings. The van der Waals surface area contributed by atoms with Crippen molar-refractivity contribution in [1.29, 1.82) is 0 Å². The molecule has 4 heteroatoms. The SMILES string of the molecule is CN(C(=O)OC1c2ccccc2-c2ccccc21)c1cccc2c1CNCC2. The molecule has 0 saturated heterocycles. The first-order valence-corrected chi connectivity index (χ1v) is 9.68. The van der Waals surface area contributed by atoms with Crippen molar-refractivity contribution in [2.45, 2.75) is 19.1 Å². The largest absolute Gasteiger partial charge is 0.436 e. The van der Waals surface area contributed by atoms with Crippen LogP contribution >= 0.6 is 0 Å². The molecule has 28 heavy (non-hydrogen) atoms. The summed E-state index contributed by atoms with van der Waals surface area (Å²) in [6.07, 6.45) is 0.269. The highest BCUT2D eigenvalue weighted by Crippen LogP contribution is 2.45. The van der Waals surface area contributed by atoms with E-state index in [1.165, 1.54) is 11.1 Å². The maximum absolute atomic E-state index is 13.1. The molecule has 1 heterocycles. The van der Waals surface area contributed by atoms with Gasteiger partial charge in [-0.1, -0.05) is 60.7 Å². The molecule has 0 saturated carbocycles. The van der Waals surface area contributed by atoms with Crippen molar-refractivity contribution in [3.63, 3.8) is 0 Å². The van der Waals surface area contributed by atoms with Gasteiger partial charge in [-0.3, -0.25) is 4.90 Å². The van der Waals surface area contributed by atoms with Gasteiger partial charge in [-0.25, -0.2) is 4.79 Å². The molecule has 0 atom stereocenters. The fourth-order valence-corrected chi connectivity index (χ4v) is 4.32. The molecule has 0 spiro atoms. The number of ether oxygens (including phenoxy) is 1. The number of amides is 1. The minimum Gasteiger partial charge on any atom is -0.436 e. The Morgan fingerprint density at radius 2 is 1.64 bits per heavy atom. The summed E-state index contributed by atoms with van der Waals surface area (Å²) < 4.78 is 6.04. The normalized spacial score (nSPS) is 14.8. The van der Waals surface area contributed by atoms with Gasteiger partial charge < -0.3 is 10.1 Å². The molecule has 1 aliphatic carbocycles. The molecule has 1 aliphatic heterocycles. The van der Waals surface area contributed by atoms with Gasteiger partial charge in [0.05, 0.1) is 5.69 Å². The predicted molar refractivity (Wildman–Crippen MR) is 110 cm³/mol. The molecule has 0 bridgehead atoms. The van der Waals surface area contributed by atoms with E-state index in [-0.39, 0.29) is 12.2 Å². The topological polar surface area (TPSA) is 41.6 Å². The number of hydrogen-bond acceptors (Lipinski definition) is 3. The Hall–Kier alpha value is -3.11. The second-order valence-electron chi connectivity index (χ2n) is 7.34. The summed E-state index contributed by atoms with van der Waals surface area (Å²) in [7, 11) is 1.79. The summed E-state index contributed by atoms with van der Waals surface area (Å²) in [6.45, 7) is 1.75. The lowest BCUT2D eigenvalue weighted by molar-refractivity contribution is 0.127. The number of rotatable bonds is 2. The molecule has 3 aromatic carbocycles. The lowest BCUT2D eigenvalue weighted by atomic mass is 9.99. The highest BCUT2D eigenvalue weighted by atomic mass is 16.6. The van der Waals surface area contributed by atoms with Gasteiger partial charge in [0.2, 0.25) is 0 Å². The average Bonchev–Trinajstić information content (AvgIpc) is 3.07. The molecule has 1 amide bonds. The van der Waals surface area contributed by atoms with E-state index < -0.39 is 0 Å². The fraction of sp³-hybridized carbons (Fsp3) is 0.208. The van der Waals surface area contributed by atoms with Crippen LogP contribution in [0.1, 0.15) is 28.4 Å². The quantitative estimate of drug-likeness (QED) is 0.712. The number of anilines is 1. The summed E-state index contributed by atoms with van der Waals surface area (Å²) in [5.74, 6) is 0. The maximum Gasteiger partial charge on any atom is 0.414 e. The van der Waals surface area contributed by atoms with Crippen molar-refractivity contribution in [3.05, 3.63) is 89.0 Å². The summed E-state index contributed by atoms with van der Waals surface area (Å²) in [6, 6.07) is 22.4. The van der Waals surface area contributed by atoms with Gasteiger partial charge in [-0.05, 0) is 41.3 Å². The molecule has 1 N–H and O–H groups in total. The smallest absolute Gasteiger partial charge is 0.414 e. The molecule has 4 nitrogen and oxygen atoms in total. The van der Waals surface area contributed by atoms with Crippen molar-refractivity contribution in [2.24, 2.45) is 0 Å². The Kier molecular flexibility index (Phi) is 4.14. The van der Waals surface area contributed by atoms with Gasteiger partial charge in [0.1, 0.15) is 0 Å². The maximum atomic E-state index is 13.1. The van der Waals surface area contributed by atoms with E-state index in [2.05, 4.69) is 23.5 Å². The van der Waals surface area contributed by atoms with Crippen molar-refractivity contribution >= 4 is 11.8 Å². The molecule has 0 radical (unpaired) electrons. The number of nitrogens with one attached hydrogen (secondary N) is 1. The predicted octanol–water partition coefficient (Wildman–Crippen LogP) is 4.68. The minimum atomic E-state index is -0.375. The van der Waals surface area contributed by atoms with Crippen LogP contribution in [-0.2, 0) is 17.7 Å². The number of benzene rings is 3. The van der Waals surface area contributed by atoms with Crippen molar-refractivity contribution < 1.29 is 9.53 Å². The van der Waals surface area contributed by atoms with Crippen LogP contribution in [-0.4, -0.2) is 19.7 Å². The van der Waals surface area contributed by atoms with Gasteiger partial charge in [0.25, 0.3) is 0 Å². The Bertz CT molecular complexity index is 1010. The Morgan fingerprint density at radius 3 is 2.36 bits per heavy atom. The van der Waals surface area contributed by atoms with E-state index in [0.717, 1.165) is 47.5 Å². The zero-order valence-corrected chi connectivity index (χ0v) is 15.8. The molecule has 0 fully saturated rings. The Balaban J connectivity index is 1.46. The third-order valence-electron chi connectivity index (χ3n) is 5.75. The van der Waals surface area contributed by atoms with E-state index >= 15 is 0 Å². The molecule has 0 unspecified atom stereocenters. The number of carbonyl (C=O) groups is 1. The van der Waals surface area contributed by atoms with Crippen LogP contribution in [0.5, 0.6) is 0 Å². The standard InChI is InChI=1S/C24H22N2O2/c1-26(22-12-6-7-16-13-14-25-15-21(16)22)24(27)28-23-19-10-4-2-8-17(19)18-9-3-5-11-20(18)23/h2-12,23,25H,13-15H2,1H3. The summed E-state index contributed by atoms with van der Waals surface area (Å²) in [5, 5.41) is 3.40. The third-order valence-corrected chi connectivity index (χ3v) is 5.75. The Morgan fingerprint density at radius 1 is 0.964 bits per heavy atom. The highest BCUT2D eigenvalue weighted by molar-refractivity contribution is 5.89.